The number of halogens is 1. The third-order valence-corrected chi connectivity index (χ3v) is 4.82. The Hall–Kier alpha value is -2.41. The smallest absolute Gasteiger partial charge is 0.248 e. The third-order valence-electron chi connectivity index (χ3n) is 3.88. The fourth-order valence-electron chi connectivity index (χ4n) is 2.61. The molecule has 0 aliphatic carbocycles. The Bertz CT molecular complexity index is 929. The average Bonchev–Trinajstić information content (AvgIpc) is 2.90. The number of carbonyl (C=O) groups is 1. The van der Waals surface area contributed by atoms with Gasteiger partial charge in [0, 0.05) is 20.9 Å². The van der Waals surface area contributed by atoms with E-state index in [-0.39, 0.29) is 5.91 Å². The molecule has 0 aliphatic rings. The van der Waals surface area contributed by atoms with Crippen LogP contribution in [0.2, 0.25) is 0 Å². The highest BCUT2D eigenvalue weighted by atomic mass is 127. The van der Waals surface area contributed by atoms with Crippen LogP contribution >= 0.6 is 22.6 Å². The lowest BCUT2D eigenvalue weighted by molar-refractivity contribution is -0.111. The number of nitrogens with one attached hydrogen (secondary N) is 1. The molecule has 0 aliphatic heterocycles. The van der Waals surface area contributed by atoms with Crippen LogP contribution in [-0.4, -0.2) is 15.7 Å². The highest BCUT2D eigenvalue weighted by Crippen LogP contribution is 2.20. The summed E-state index contributed by atoms with van der Waals surface area (Å²) in [7, 11) is 0. The largest absolute Gasteiger partial charge is 0.322 e. The number of amides is 1. The molecule has 5 heteroatoms. The second-order valence-corrected chi connectivity index (χ2v) is 6.80. The fourth-order valence-corrected chi connectivity index (χ4v) is 3.13. The van der Waals surface area contributed by atoms with E-state index in [0.717, 1.165) is 31.9 Å². The maximum Gasteiger partial charge on any atom is 0.248 e. The van der Waals surface area contributed by atoms with Crippen LogP contribution in [0.5, 0.6) is 0 Å². The van der Waals surface area contributed by atoms with Crippen LogP contribution in [0.15, 0.2) is 60.7 Å². The monoisotopic (exact) mass is 443 g/mol. The van der Waals surface area contributed by atoms with Gasteiger partial charge in [0.05, 0.1) is 17.1 Å². The van der Waals surface area contributed by atoms with Crippen molar-refractivity contribution in [3.05, 3.63) is 81.2 Å². The van der Waals surface area contributed by atoms with Crippen molar-refractivity contribution in [2.45, 2.75) is 13.8 Å². The van der Waals surface area contributed by atoms with Crippen molar-refractivity contribution in [3.8, 4) is 5.69 Å². The highest BCUT2D eigenvalue weighted by molar-refractivity contribution is 14.1. The van der Waals surface area contributed by atoms with Gasteiger partial charge < -0.3 is 5.32 Å². The van der Waals surface area contributed by atoms with Crippen molar-refractivity contribution in [2.75, 3.05) is 5.32 Å². The topological polar surface area (TPSA) is 46.9 Å². The third kappa shape index (κ3) is 3.99. The molecule has 0 bridgehead atoms. The van der Waals surface area contributed by atoms with Gasteiger partial charge in [-0.2, -0.15) is 5.10 Å². The first-order valence-corrected chi connectivity index (χ1v) is 8.99. The Morgan fingerprint density at radius 1 is 1.08 bits per heavy atom. The van der Waals surface area contributed by atoms with E-state index in [1.54, 1.807) is 6.08 Å². The first-order valence-electron chi connectivity index (χ1n) is 7.91. The molecule has 1 aromatic heterocycles. The summed E-state index contributed by atoms with van der Waals surface area (Å²) in [5.74, 6) is -0.157. The van der Waals surface area contributed by atoms with Crippen molar-refractivity contribution in [1.29, 1.82) is 0 Å². The van der Waals surface area contributed by atoms with Crippen molar-refractivity contribution < 1.29 is 4.79 Å². The second kappa shape index (κ2) is 7.65. The molecule has 2 aromatic carbocycles. The first kappa shape index (κ1) is 17.4. The summed E-state index contributed by atoms with van der Waals surface area (Å²) < 4.78 is 2.90. The van der Waals surface area contributed by atoms with Gasteiger partial charge in [0.1, 0.15) is 0 Å². The quantitative estimate of drug-likeness (QED) is 0.468. The van der Waals surface area contributed by atoms with Crippen LogP contribution in [0.25, 0.3) is 11.8 Å². The standard InChI is InChI=1S/C20H18IN3O/c1-14-17(15(2)24(23-14)16-8-4-3-5-9-16)12-13-20(25)22-19-11-7-6-10-18(19)21/h3-13H,1-2H3,(H,22,25)/b13-12+. The molecule has 3 rings (SSSR count). The zero-order valence-electron chi connectivity index (χ0n) is 14.0. The maximum absolute atomic E-state index is 12.2. The molecule has 0 radical (unpaired) electrons. The molecule has 1 heterocycles. The summed E-state index contributed by atoms with van der Waals surface area (Å²) in [6, 6.07) is 17.7. The summed E-state index contributed by atoms with van der Waals surface area (Å²) in [5.41, 5.74) is 4.67. The lowest BCUT2D eigenvalue weighted by Crippen LogP contribution is -2.08. The number of hydrogen-bond donors (Lipinski definition) is 1. The van der Waals surface area contributed by atoms with Gasteiger partial charge in [0.15, 0.2) is 0 Å². The zero-order valence-corrected chi connectivity index (χ0v) is 16.2. The summed E-state index contributed by atoms with van der Waals surface area (Å²) >= 11 is 2.20. The van der Waals surface area contributed by atoms with Crippen molar-refractivity contribution in [3.63, 3.8) is 0 Å². The van der Waals surface area contributed by atoms with Crippen LogP contribution in [0.4, 0.5) is 5.69 Å². The van der Waals surface area contributed by atoms with Crippen LogP contribution in [-0.2, 0) is 4.79 Å². The van der Waals surface area contributed by atoms with Crippen LogP contribution in [0, 0.1) is 17.4 Å². The van der Waals surface area contributed by atoms with E-state index in [0.29, 0.717) is 0 Å². The highest BCUT2D eigenvalue weighted by Gasteiger charge is 2.11. The van der Waals surface area contributed by atoms with E-state index < -0.39 is 0 Å². The van der Waals surface area contributed by atoms with E-state index >= 15 is 0 Å². The lowest BCUT2D eigenvalue weighted by atomic mass is 10.2. The van der Waals surface area contributed by atoms with E-state index in [9.17, 15) is 4.79 Å². The van der Waals surface area contributed by atoms with Gasteiger partial charge in [0.25, 0.3) is 0 Å². The number of aromatic nitrogens is 2. The summed E-state index contributed by atoms with van der Waals surface area (Å²) in [6.07, 6.45) is 3.37. The van der Waals surface area contributed by atoms with E-state index in [1.165, 1.54) is 0 Å². The number of aryl methyl sites for hydroxylation is 1. The van der Waals surface area contributed by atoms with Gasteiger partial charge in [-0.3, -0.25) is 4.79 Å². The molecule has 0 atom stereocenters. The van der Waals surface area contributed by atoms with Gasteiger partial charge in [-0.25, -0.2) is 4.68 Å². The molecule has 1 amide bonds. The van der Waals surface area contributed by atoms with E-state index in [1.807, 2.05) is 79.2 Å². The summed E-state index contributed by atoms with van der Waals surface area (Å²) in [6.45, 7) is 3.95. The van der Waals surface area contributed by atoms with E-state index in [4.69, 9.17) is 0 Å². The van der Waals surface area contributed by atoms with Crippen LogP contribution in [0.3, 0.4) is 0 Å². The van der Waals surface area contributed by atoms with Gasteiger partial charge in [-0.15, -0.1) is 0 Å². The summed E-state index contributed by atoms with van der Waals surface area (Å²) in [4.78, 5) is 12.2. The number of rotatable bonds is 4. The molecule has 0 saturated carbocycles. The zero-order chi connectivity index (χ0) is 17.8. The van der Waals surface area contributed by atoms with Crippen LogP contribution in [0.1, 0.15) is 17.0 Å². The number of carbonyl (C=O) groups excluding carboxylic acids is 1. The molecule has 126 valence electrons. The Labute approximate surface area is 160 Å². The molecule has 25 heavy (non-hydrogen) atoms. The number of nitrogens with zero attached hydrogens (tertiary/aromatic N) is 2. The molecule has 3 aromatic rings. The van der Waals surface area contributed by atoms with Gasteiger partial charge in [-0.1, -0.05) is 30.3 Å². The Kier molecular flexibility index (Phi) is 5.33. The molecular formula is C20H18IN3O. The predicted octanol–water partition coefficient (Wildman–Crippen LogP) is 4.75. The molecule has 0 fully saturated rings. The Morgan fingerprint density at radius 2 is 1.76 bits per heavy atom. The molecule has 0 spiro atoms. The second-order valence-electron chi connectivity index (χ2n) is 5.63. The minimum atomic E-state index is -0.157. The minimum absolute atomic E-state index is 0.157. The van der Waals surface area contributed by atoms with Crippen molar-refractivity contribution >= 4 is 40.3 Å². The number of anilines is 1. The van der Waals surface area contributed by atoms with Gasteiger partial charge in [-0.05, 0) is 66.8 Å². The normalized spacial score (nSPS) is 11.0. The lowest BCUT2D eigenvalue weighted by Gasteiger charge is -2.04. The van der Waals surface area contributed by atoms with Crippen LogP contribution < -0.4 is 5.32 Å². The first-order chi connectivity index (χ1) is 12.1. The SMILES string of the molecule is Cc1nn(-c2ccccc2)c(C)c1/C=C/C(=O)Nc1ccccc1I. The average molecular weight is 443 g/mol. The van der Waals surface area contributed by atoms with Crippen molar-refractivity contribution in [1.82, 2.24) is 9.78 Å². The Balaban J connectivity index is 1.81. The van der Waals surface area contributed by atoms with Crippen molar-refractivity contribution in [2.24, 2.45) is 0 Å². The van der Waals surface area contributed by atoms with Gasteiger partial charge in [0.2, 0.25) is 5.91 Å². The molecule has 4 nitrogen and oxygen atoms in total. The maximum atomic E-state index is 12.2. The number of benzene rings is 2. The van der Waals surface area contributed by atoms with E-state index in [2.05, 4.69) is 33.0 Å². The Morgan fingerprint density at radius 3 is 2.48 bits per heavy atom. The molecular weight excluding hydrogens is 425 g/mol. The predicted molar refractivity (Wildman–Crippen MR) is 110 cm³/mol. The van der Waals surface area contributed by atoms with Gasteiger partial charge >= 0.3 is 0 Å². The molecule has 0 saturated heterocycles. The number of para-hydroxylation sites is 2. The summed E-state index contributed by atoms with van der Waals surface area (Å²) in [5, 5.41) is 7.49. The molecule has 0 unspecified atom stereocenters. The minimum Gasteiger partial charge on any atom is -0.322 e. The fraction of sp³-hybridized carbons (Fsp3) is 0.100. The molecule has 1 N–H and O–H groups in total. The number of hydrogen-bond acceptors (Lipinski definition) is 2.